The molecule has 0 bridgehead atoms. The first-order chi connectivity index (χ1) is 20.0. The number of sulfonamides is 1. The molecule has 42 heavy (non-hydrogen) atoms. The summed E-state index contributed by atoms with van der Waals surface area (Å²) in [5.74, 6) is -5.45. The Bertz CT molecular complexity index is 1740. The van der Waals surface area contributed by atoms with Crippen LogP contribution >= 0.6 is 0 Å². The number of nitrogens with one attached hydrogen (secondary N) is 2. The Hall–Kier alpha value is -4.64. The van der Waals surface area contributed by atoms with Crippen molar-refractivity contribution in [1.82, 2.24) is 9.62 Å². The predicted molar refractivity (Wildman–Crippen MR) is 155 cm³/mol. The zero-order chi connectivity index (χ0) is 30.4. The van der Waals surface area contributed by atoms with E-state index in [2.05, 4.69) is 10.6 Å². The van der Waals surface area contributed by atoms with E-state index >= 15 is 0 Å². The molecule has 0 aliphatic heterocycles. The van der Waals surface area contributed by atoms with E-state index in [0.29, 0.717) is 27.0 Å². The van der Waals surface area contributed by atoms with E-state index in [0.717, 1.165) is 17.5 Å². The molecule has 0 saturated heterocycles. The van der Waals surface area contributed by atoms with Gasteiger partial charge < -0.3 is 10.6 Å². The second-order valence-electron chi connectivity index (χ2n) is 9.44. The molecule has 0 fully saturated rings. The van der Waals surface area contributed by atoms with Gasteiger partial charge in [0.05, 0.1) is 10.5 Å². The van der Waals surface area contributed by atoms with Crippen molar-refractivity contribution in [2.75, 3.05) is 18.4 Å². The Balaban J connectivity index is 1.56. The highest BCUT2D eigenvalue weighted by Gasteiger charge is 2.36. The molecule has 0 spiro atoms. The molecule has 0 saturated carbocycles. The standard InChI is InChI=1S/C31H29F2N3O5S/c1-3-34-29(37)27(17-20-9-13-24(14-10-20)35-30(38)26-16-12-23(32)19-28(26)33)31(39)36(4-2)42(40,41)25-15-11-21-7-5-6-8-22(21)18-25/h5-16,18-19,27H,3-4,17H2,1-2H3,(H,34,37)(H,35,38)/t27-/m0/s1. The monoisotopic (exact) mass is 593 g/mol. The van der Waals surface area contributed by atoms with Crippen LogP contribution in [0, 0.1) is 17.6 Å². The maximum Gasteiger partial charge on any atom is 0.266 e. The Morgan fingerprint density at radius 1 is 0.857 bits per heavy atom. The summed E-state index contributed by atoms with van der Waals surface area (Å²) < 4.78 is 55.0. The lowest BCUT2D eigenvalue weighted by Crippen LogP contribution is -2.47. The summed E-state index contributed by atoms with van der Waals surface area (Å²) in [6, 6.07) is 20.5. The third-order valence-corrected chi connectivity index (χ3v) is 8.50. The molecule has 8 nitrogen and oxygen atoms in total. The van der Waals surface area contributed by atoms with Crippen molar-refractivity contribution < 1.29 is 31.6 Å². The summed E-state index contributed by atoms with van der Waals surface area (Å²) in [5, 5.41) is 6.65. The molecule has 2 N–H and O–H groups in total. The van der Waals surface area contributed by atoms with Crippen molar-refractivity contribution in [2.45, 2.75) is 25.2 Å². The van der Waals surface area contributed by atoms with Gasteiger partial charge in [0.25, 0.3) is 15.9 Å². The summed E-state index contributed by atoms with van der Waals surface area (Å²) >= 11 is 0. The maximum atomic E-state index is 14.0. The third-order valence-electron chi connectivity index (χ3n) is 6.63. The van der Waals surface area contributed by atoms with Crippen LogP contribution in [0.25, 0.3) is 10.8 Å². The fourth-order valence-electron chi connectivity index (χ4n) is 4.49. The number of hydrogen-bond donors (Lipinski definition) is 2. The predicted octanol–water partition coefficient (Wildman–Crippen LogP) is 4.90. The van der Waals surface area contributed by atoms with E-state index in [1.165, 1.54) is 31.2 Å². The van der Waals surface area contributed by atoms with E-state index in [1.54, 1.807) is 37.3 Å². The number of hydrogen-bond acceptors (Lipinski definition) is 5. The topological polar surface area (TPSA) is 113 Å². The van der Waals surface area contributed by atoms with Gasteiger partial charge in [0.1, 0.15) is 17.6 Å². The third kappa shape index (κ3) is 6.63. The van der Waals surface area contributed by atoms with Crippen LogP contribution in [0.3, 0.4) is 0 Å². The Kier molecular flexibility index (Phi) is 9.31. The van der Waals surface area contributed by atoms with Gasteiger partial charge in [0.2, 0.25) is 11.8 Å². The molecule has 218 valence electrons. The number of carbonyl (C=O) groups excluding carboxylic acids is 3. The van der Waals surface area contributed by atoms with Gasteiger partial charge in [0, 0.05) is 24.8 Å². The van der Waals surface area contributed by atoms with Crippen molar-refractivity contribution in [3.8, 4) is 0 Å². The Morgan fingerprint density at radius 3 is 2.19 bits per heavy atom. The van der Waals surface area contributed by atoms with Crippen LogP contribution in [0.4, 0.5) is 14.5 Å². The van der Waals surface area contributed by atoms with E-state index in [-0.39, 0.29) is 30.0 Å². The average Bonchev–Trinajstić information content (AvgIpc) is 2.96. The molecule has 0 unspecified atom stereocenters. The molecular formula is C31H29F2N3O5S. The summed E-state index contributed by atoms with van der Waals surface area (Å²) in [6.07, 6.45) is -0.116. The SMILES string of the molecule is CCNC(=O)[C@H](Cc1ccc(NC(=O)c2ccc(F)cc2F)cc1)C(=O)N(CC)S(=O)(=O)c1ccc2ccccc2c1. The van der Waals surface area contributed by atoms with Crippen LogP contribution in [-0.2, 0) is 26.0 Å². The highest BCUT2D eigenvalue weighted by atomic mass is 32.2. The summed E-state index contributed by atoms with van der Waals surface area (Å²) in [5.41, 5.74) is 0.474. The number of amides is 3. The van der Waals surface area contributed by atoms with E-state index in [1.807, 2.05) is 12.1 Å². The van der Waals surface area contributed by atoms with Crippen LogP contribution in [0.15, 0.2) is 89.8 Å². The van der Waals surface area contributed by atoms with E-state index in [4.69, 9.17) is 0 Å². The first kappa shape index (κ1) is 30.3. The van der Waals surface area contributed by atoms with Gasteiger partial charge in [-0.3, -0.25) is 14.4 Å². The number of carbonyl (C=O) groups is 3. The molecule has 4 rings (SSSR count). The first-order valence-electron chi connectivity index (χ1n) is 13.2. The Morgan fingerprint density at radius 2 is 1.55 bits per heavy atom. The molecule has 0 aromatic heterocycles. The van der Waals surface area contributed by atoms with Gasteiger partial charge in [-0.1, -0.05) is 42.5 Å². The largest absolute Gasteiger partial charge is 0.356 e. The van der Waals surface area contributed by atoms with Crippen LogP contribution in [-0.4, -0.2) is 43.5 Å². The molecule has 1 atom stereocenters. The van der Waals surface area contributed by atoms with E-state index in [9.17, 15) is 31.6 Å². The van der Waals surface area contributed by atoms with Gasteiger partial charge in [-0.15, -0.1) is 0 Å². The minimum absolute atomic E-state index is 0.0660. The first-order valence-corrected chi connectivity index (χ1v) is 14.7. The zero-order valence-electron chi connectivity index (χ0n) is 22.9. The quantitative estimate of drug-likeness (QED) is 0.254. The molecule has 11 heteroatoms. The van der Waals surface area contributed by atoms with Crippen molar-refractivity contribution in [1.29, 1.82) is 0 Å². The number of rotatable bonds is 10. The molecule has 0 aliphatic rings. The average molecular weight is 594 g/mol. The minimum Gasteiger partial charge on any atom is -0.356 e. The maximum absolute atomic E-state index is 14.0. The number of halogens is 2. The van der Waals surface area contributed by atoms with Gasteiger partial charge in [-0.2, -0.15) is 0 Å². The number of nitrogens with zero attached hydrogens (tertiary/aromatic N) is 1. The van der Waals surface area contributed by atoms with Gasteiger partial charge >= 0.3 is 0 Å². The number of benzene rings is 4. The van der Waals surface area contributed by atoms with Gasteiger partial charge in [-0.05, 0) is 73.0 Å². The number of anilines is 1. The molecule has 0 aliphatic carbocycles. The van der Waals surface area contributed by atoms with Crippen LogP contribution in [0.1, 0.15) is 29.8 Å². The molecular weight excluding hydrogens is 564 g/mol. The fourth-order valence-corrected chi connectivity index (χ4v) is 5.97. The van der Waals surface area contributed by atoms with Crippen molar-refractivity contribution >= 4 is 44.2 Å². The normalized spacial score (nSPS) is 12.0. The van der Waals surface area contributed by atoms with Crippen molar-refractivity contribution in [3.05, 3.63) is 108 Å². The van der Waals surface area contributed by atoms with E-state index < -0.39 is 45.3 Å². The molecule has 4 aromatic rings. The molecule has 4 aromatic carbocycles. The summed E-state index contributed by atoms with van der Waals surface area (Å²) in [7, 11) is -4.28. The lowest BCUT2D eigenvalue weighted by Gasteiger charge is -2.26. The van der Waals surface area contributed by atoms with Crippen LogP contribution in [0.5, 0.6) is 0 Å². The molecule has 0 radical (unpaired) electrons. The van der Waals surface area contributed by atoms with Gasteiger partial charge in [-0.25, -0.2) is 21.5 Å². The van der Waals surface area contributed by atoms with Crippen LogP contribution in [0.2, 0.25) is 0 Å². The highest BCUT2D eigenvalue weighted by molar-refractivity contribution is 7.89. The number of fused-ring (bicyclic) bond motifs is 1. The summed E-state index contributed by atoms with van der Waals surface area (Å²) in [4.78, 5) is 39.0. The van der Waals surface area contributed by atoms with Crippen molar-refractivity contribution in [3.63, 3.8) is 0 Å². The fraction of sp³-hybridized carbons (Fsp3) is 0.194. The highest BCUT2D eigenvalue weighted by Crippen LogP contribution is 2.25. The molecule has 3 amide bonds. The second kappa shape index (κ2) is 12.9. The van der Waals surface area contributed by atoms with Crippen LogP contribution < -0.4 is 10.6 Å². The second-order valence-corrected chi connectivity index (χ2v) is 11.3. The lowest BCUT2D eigenvalue weighted by atomic mass is 9.97. The van der Waals surface area contributed by atoms with Crippen molar-refractivity contribution in [2.24, 2.45) is 5.92 Å². The smallest absolute Gasteiger partial charge is 0.266 e. The summed E-state index contributed by atoms with van der Waals surface area (Å²) in [6.45, 7) is 3.25. The lowest BCUT2D eigenvalue weighted by molar-refractivity contribution is -0.138. The molecule has 0 heterocycles. The minimum atomic E-state index is -4.28. The van der Waals surface area contributed by atoms with Gasteiger partial charge in [0.15, 0.2) is 0 Å². The Labute approximate surface area is 242 Å². The zero-order valence-corrected chi connectivity index (χ0v) is 23.8.